The van der Waals surface area contributed by atoms with Crippen LogP contribution in [0.2, 0.25) is 10.0 Å². The molecule has 2 fully saturated rings. The zero-order chi connectivity index (χ0) is 15.7. The molecule has 0 spiro atoms. The number of rotatable bonds is 5. The summed E-state index contributed by atoms with van der Waals surface area (Å²) in [7, 11) is 0. The molecular formula is C17H21Cl2NO2. The van der Waals surface area contributed by atoms with Gasteiger partial charge in [-0.2, -0.15) is 0 Å². The lowest BCUT2D eigenvalue weighted by Gasteiger charge is -2.28. The van der Waals surface area contributed by atoms with Crippen molar-refractivity contribution in [1.82, 2.24) is 5.32 Å². The van der Waals surface area contributed by atoms with Gasteiger partial charge in [0.25, 0.3) is 5.91 Å². The zero-order valence-electron chi connectivity index (χ0n) is 12.6. The van der Waals surface area contributed by atoms with Crippen LogP contribution in [0.25, 0.3) is 0 Å². The van der Waals surface area contributed by atoms with Crippen molar-refractivity contribution in [3.8, 4) is 5.75 Å². The Kier molecular flexibility index (Phi) is 4.84. The summed E-state index contributed by atoms with van der Waals surface area (Å²) in [4.78, 5) is 12.1. The molecule has 22 heavy (non-hydrogen) atoms. The summed E-state index contributed by atoms with van der Waals surface area (Å²) < 4.78 is 5.48. The van der Waals surface area contributed by atoms with Crippen molar-refractivity contribution in [2.45, 2.75) is 38.6 Å². The smallest absolute Gasteiger partial charge is 0.258 e. The fourth-order valence-electron chi connectivity index (χ4n) is 4.04. The largest absolute Gasteiger partial charge is 0.482 e. The minimum absolute atomic E-state index is 0.0213. The number of hydrogen-bond donors (Lipinski definition) is 1. The van der Waals surface area contributed by atoms with Crippen LogP contribution in [0.4, 0.5) is 0 Å². The minimum atomic E-state index is -0.0960. The molecule has 1 amide bonds. The first-order valence-corrected chi connectivity index (χ1v) is 8.65. The Morgan fingerprint density at radius 2 is 2.18 bits per heavy atom. The van der Waals surface area contributed by atoms with Gasteiger partial charge in [0.15, 0.2) is 6.61 Å². The number of hydrogen-bond acceptors (Lipinski definition) is 2. The van der Waals surface area contributed by atoms with Gasteiger partial charge in [0.2, 0.25) is 0 Å². The Bertz CT molecular complexity index is 564. The quantitative estimate of drug-likeness (QED) is 0.866. The molecule has 3 nitrogen and oxygen atoms in total. The summed E-state index contributed by atoms with van der Waals surface area (Å²) in [5.74, 6) is 2.70. The zero-order valence-corrected chi connectivity index (χ0v) is 14.2. The van der Waals surface area contributed by atoms with E-state index in [0.29, 0.717) is 21.7 Å². The molecule has 0 saturated heterocycles. The van der Waals surface area contributed by atoms with Gasteiger partial charge in [0, 0.05) is 11.1 Å². The maximum atomic E-state index is 12.1. The first kappa shape index (κ1) is 15.9. The number of nitrogens with one attached hydrogen (secondary N) is 1. The molecule has 1 aromatic rings. The Labute approximate surface area is 141 Å². The number of carbonyl (C=O) groups excluding carboxylic acids is 1. The van der Waals surface area contributed by atoms with E-state index in [0.717, 1.165) is 11.8 Å². The van der Waals surface area contributed by atoms with Crippen molar-refractivity contribution in [3.63, 3.8) is 0 Å². The van der Waals surface area contributed by atoms with Crippen LogP contribution in [0.15, 0.2) is 18.2 Å². The van der Waals surface area contributed by atoms with Gasteiger partial charge in [-0.3, -0.25) is 4.79 Å². The molecule has 0 unspecified atom stereocenters. The summed E-state index contributed by atoms with van der Waals surface area (Å²) in [6, 6.07) is 5.19. The molecule has 120 valence electrons. The van der Waals surface area contributed by atoms with Crippen LogP contribution in [0.3, 0.4) is 0 Å². The van der Waals surface area contributed by atoms with Gasteiger partial charge < -0.3 is 10.1 Å². The molecule has 3 rings (SSSR count). The second-order valence-electron chi connectivity index (χ2n) is 6.56. The second kappa shape index (κ2) is 6.67. The van der Waals surface area contributed by atoms with Crippen LogP contribution < -0.4 is 10.1 Å². The van der Waals surface area contributed by atoms with Crippen LogP contribution in [0.1, 0.15) is 32.6 Å². The van der Waals surface area contributed by atoms with Crippen molar-refractivity contribution in [2.24, 2.45) is 17.8 Å². The molecule has 2 aliphatic carbocycles. The van der Waals surface area contributed by atoms with Crippen LogP contribution in [0.5, 0.6) is 5.75 Å². The number of halogens is 2. The van der Waals surface area contributed by atoms with E-state index in [4.69, 9.17) is 27.9 Å². The minimum Gasteiger partial charge on any atom is -0.482 e. The lowest BCUT2D eigenvalue weighted by molar-refractivity contribution is -0.124. The summed E-state index contributed by atoms with van der Waals surface area (Å²) in [5, 5.41) is 4.04. The highest BCUT2D eigenvalue weighted by Gasteiger charge is 2.42. The third-order valence-electron chi connectivity index (χ3n) is 5.08. The highest BCUT2D eigenvalue weighted by atomic mass is 35.5. The van der Waals surface area contributed by atoms with Gasteiger partial charge >= 0.3 is 0 Å². The monoisotopic (exact) mass is 341 g/mol. The number of benzene rings is 1. The third-order valence-corrected chi connectivity index (χ3v) is 5.61. The molecule has 0 aliphatic heterocycles. The fraction of sp³-hybridized carbons (Fsp3) is 0.588. The predicted molar refractivity (Wildman–Crippen MR) is 88.5 cm³/mol. The van der Waals surface area contributed by atoms with Gasteiger partial charge in [-0.15, -0.1) is 0 Å². The average molecular weight is 342 g/mol. The van der Waals surface area contributed by atoms with Gasteiger partial charge in [-0.25, -0.2) is 0 Å². The topological polar surface area (TPSA) is 38.3 Å². The predicted octanol–water partition coefficient (Wildman–Crippen LogP) is 4.31. The van der Waals surface area contributed by atoms with Crippen molar-refractivity contribution in [1.29, 1.82) is 0 Å². The molecule has 2 bridgehead atoms. The summed E-state index contributed by atoms with van der Waals surface area (Å²) in [6.07, 6.45) is 5.31. The van der Waals surface area contributed by atoms with Crippen LogP contribution >= 0.6 is 23.2 Å². The molecule has 5 heteroatoms. The van der Waals surface area contributed by atoms with Gasteiger partial charge in [0.05, 0.1) is 5.02 Å². The van der Waals surface area contributed by atoms with E-state index in [9.17, 15) is 4.79 Å². The lowest BCUT2D eigenvalue weighted by Crippen LogP contribution is -2.42. The second-order valence-corrected chi connectivity index (χ2v) is 7.40. The van der Waals surface area contributed by atoms with Crippen LogP contribution in [-0.4, -0.2) is 18.6 Å². The van der Waals surface area contributed by atoms with Gasteiger partial charge in [-0.05, 0) is 62.1 Å². The number of fused-ring (bicyclic) bond motifs is 2. The number of carbonyl (C=O) groups is 1. The first-order chi connectivity index (χ1) is 10.5. The molecule has 0 aromatic heterocycles. The molecule has 2 aliphatic rings. The Morgan fingerprint density at radius 3 is 2.82 bits per heavy atom. The summed E-state index contributed by atoms with van der Waals surface area (Å²) in [6.45, 7) is 2.09. The van der Waals surface area contributed by atoms with Crippen molar-refractivity contribution < 1.29 is 9.53 Å². The van der Waals surface area contributed by atoms with E-state index in [-0.39, 0.29) is 18.6 Å². The molecule has 2 saturated carbocycles. The summed E-state index contributed by atoms with van der Waals surface area (Å²) in [5.41, 5.74) is 0. The third kappa shape index (κ3) is 3.52. The van der Waals surface area contributed by atoms with Crippen LogP contribution in [0, 0.1) is 17.8 Å². The fourth-order valence-corrected chi connectivity index (χ4v) is 4.51. The van der Waals surface area contributed by atoms with Crippen molar-refractivity contribution in [3.05, 3.63) is 28.2 Å². The molecular weight excluding hydrogens is 321 g/mol. The maximum Gasteiger partial charge on any atom is 0.258 e. The molecule has 1 N–H and O–H groups in total. The van der Waals surface area contributed by atoms with E-state index in [1.807, 2.05) is 0 Å². The van der Waals surface area contributed by atoms with E-state index >= 15 is 0 Å². The Morgan fingerprint density at radius 1 is 1.36 bits per heavy atom. The van der Waals surface area contributed by atoms with Gasteiger partial charge in [0.1, 0.15) is 5.75 Å². The van der Waals surface area contributed by atoms with E-state index < -0.39 is 0 Å². The Balaban J connectivity index is 1.48. The number of ether oxygens (including phenoxy) is 1. The van der Waals surface area contributed by atoms with Crippen LogP contribution in [-0.2, 0) is 4.79 Å². The lowest BCUT2D eigenvalue weighted by atomic mass is 9.84. The van der Waals surface area contributed by atoms with Crippen molar-refractivity contribution in [2.75, 3.05) is 6.61 Å². The highest BCUT2D eigenvalue weighted by Crippen LogP contribution is 2.49. The average Bonchev–Trinajstić information content (AvgIpc) is 3.09. The van der Waals surface area contributed by atoms with E-state index in [1.165, 1.54) is 25.7 Å². The number of amides is 1. The molecule has 0 radical (unpaired) electrons. The highest BCUT2D eigenvalue weighted by molar-refractivity contribution is 6.35. The molecule has 4 atom stereocenters. The van der Waals surface area contributed by atoms with Crippen molar-refractivity contribution >= 4 is 29.1 Å². The van der Waals surface area contributed by atoms with Gasteiger partial charge in [-0.1, -0.05) is 29.6 Å². The first-order valence-electron chi connectivity index (χ1n) is 7.90. The van der Waals surface area contributed by atoms with E-state index in [2.05, 4.69) is 12.2 Å². The standard InChI is InChI=1S/C17H21Cl2NO2/c1-10(14-7-11-2-3-12(14)6-11)20-17(21)9-22-16-5-4-13(18)8-15(16)19/h4-5,8,10-12,14H,2-3,6-7,9H2,1H3,(H,20,21)/t10-,11+,12+,14-/m1/s1. The molecule has 1 aromatic carbocycles. The van der Waals surface area contributed by atoms with E-state index in [1.54, 1.807) is 18.2 Å². The molecule has 0 heterocycles. The normalized spacial score (nSPS) is 27.7. The maximum absolute atomic E-state index is 12.1. The SMILES string of the molecule is C[C@@H](NC(=O)COc1ccc(Cl)cc1Cl)[C@H]1C[C@H]2CC[C@H]1C2. The summed E-state index contributed by atoms with van der Waals surface area (Å²) >= 11 is 11.9. The Hall–Kier alpha value is -0.930.